The summed E-state index contributed by atoms with van der Waals surface area (Å²) in [5.41, 5.74) is 2.61. The van der Waals surface area contributed by atoms with Gasteiger partial charge in [-0.25, -0.2) is 8.42 Å². The van der Waals surface area contributed by atoms with E-state index in [1.165, 1.54) is 4.31 Å². The molecule has 7 nitrogen and oxygen atoms in total. The molecule has 1 N–H and O–H groups in total. The average Bonchev–Trinajstić information content (AvgIpc) is 3.26. The molecular formula is C24H28N2O5S. The number of aliphatic carboxylic acids is 1. The summed E-state index contributed by atoms with van der Waals surface area (Å²) in [6.45, 7) is 7.11. The van der Waals surface area contributed by atoms with E-state index in [4.69, 9.17) is 4.74 Å². The lowest BCUT2D eigenvalue weighted by molar-refractivity contribution is -0.136. The number of hydrogen-bond acceptors (Lipinski definition) is 4. The molecule has 2 atom stereocenters. The molecule has 2 heterocycles. The number of hydrogen-bond donors (Lipinski definition) is 1. The second kappa shape index (κ2) is 8.60. The Balaban J connectivity index is 1.68. The Morgan fingerprint density at radius 1 is 1.12 bits per heavy atom. The lowest BCUT2D eigenvalue weighted by Crippen LogP contribution is -2.29. The molecule has 4 rings (SSSR count). The number of carbonyl (C=O) groups is 1. The van der Waals surface area contributed by atoms with Crippen molar-refractivity contribution in [3.05, 3.63) is 59.8 Å². The monoisotopic (exact) mass is 456 g/mol. The van der Waals surface area contributed by atoms with Gasteiger partial charge in [0, 0.05) is 29.7 Å². The predicted molar refractivity (Wildman–Crippen MR) is 123 cm³/mol. The third kappa shape index (κ3) is 3.89. The summed E-state index contributed by atoms with van der Waals surface area (Å²) >= 11 is 0. The summed E-state index contributed by atoms with van der Waals surface area (Å²) in [4.78, 5) is 11.7. The number of benzene rings is 2. The first kappa shape index (κ1) is 22.4. The van der Waals surface area contributed by atoms with Crippen molar-refractivity contribution in [2.75, 3.05) is 19.7 Å². The van der Waals surface area contributed by atoms with Crippen LogP contribution in [0.25, 0.3) is 10.9 Å². The quantitative estimate of drug-likeness (QED) is 0.583. The molecule has 8 heteroatoms. The van der Waals surface area contributed by atoms with Crippen molar-refractivity contribution in [3.8, 4) is 5.75 Å². The van der Waals surface area contributed by atoms with Gasteiger partial charge in [-0.15, -0.1) is 0 Å². The molecule has 0 bridgehead atoms. The molecule has 0 amide bonds. The lowest BCUT2D eigenvalue weighted by Gasteiger charge is -2.21. The molecule has 2 aromatic carbocycles. The average molecular weight is 457 g/mol. The van der Waals surface area contributed by atoms with Gasteiger partial charge in [-0.1, -0.05) is 25.1 Å². The van der Waals surface area contributed by atoms with Crippen LogP contribution in [-0.2, 0) is 21.2 Å². The fraction of sp³-hybridized carbons (Fsp3) is 0.375. The lowest BCUT2D eigenvalue weighted by atomic mass is 10.1. The first-order chi connectivity index (χ1) is 15.2. The van der Waals surface area contributed by atoms with E-state index in [9.17, 15) is 18.3 Å². The largest absolute Gasteiger partial charge is 0.494 e. The van der Waals surface area contributed by atoms with Crippen LogP contribution in [-0.4, -0.2) is 48.1 Å². The Kier molecular flexibility index (Phi) is 6.01. The predicted octanol–water partition coefficient (Wildman–Crippen LogP) is 3.86. The molecular weight excluding hydrogens is 428 g/mol. The number of rotatable bonds is 7. The molecule has 3 aromatic rings. The number of ether oxygens (including phenoxy) is 1. The molecule has 1 aliphatic heterocycles. The number of fused-ring (bicyclic) bond motifs is 1. The molecule has 0 spiro atoms. The van der Waals surface area contributed by atoms with Crippen LogP contribution in [0.3, 0.4) is 0 Å². The van der Waals surface area contributed by atoms with Crippen molar-refractivity contribution in [1.82, 2.24) is 8.87 Å². The molecule has 170 valence electrons. The summed E-state index contributed by atoms with van der Waals surface area (Å²) in [6.07, 6.45) is -0.0609. The molecule has 1 aromatic heterocycles. The SMILES string of the molecule is CCOc1ccc(S(=O)(=O)N2C[C@@H](C)[C@@H](n3c(C)c(CC(=O)O)c4ccccc43)C2)cc1. The van der Waals surface area contributed by atoms with Gasteiger partial charge < -0.3 is 14.4 Å². The number of carboxylic acid groups (broad SMARTS) is 1. The van der Waals surface area contributed by atoms with Gasteiger partial charge in [-0.3, -0.25) is 4.79 Å². The molecule has 32 heavy (non-hydrogen) atoms. The third-order valence-electron chi connectivity index (χ3n) is 6.26. The van der Waals surface area contributed by atoms with E-state index in [1.807, 2.05) is 45.0 Å². The van der Waals surface area contributed by atoms with E-state index in [2.05, 4.69) is 4.57 Å². The van der Waals surface area contributed by atoms with Crippen molar-refractivity contribution in [3.63, 3.8) is 0 Å². The fourth-order valence-corrected chi connectivity index (χ4v) is 6.28. The summed E-state index contributed by atoms with van der Waals surface area (Å²) in [5.74, 6) is -0.172. The maximum Gasteiger partial charge on any atom is 0.307 e. The highest BCUT2D eigenvalue weighted by atomic mass is 32.2. The van der Waals surface area contributed by atoms with Crippen LogP contribution in [0.5, 0.6) is 5.75 Å². The highest BCUT2D eigenvalue weighted by Crippen LogP contribution is 2.38. The van der Waals surface area contributed by atoms with Gasteiger partial charge in [-0.2, -0.15) is 4.31 Å². The molecule has 0 saturated carbocycles. The van der Waals surface area contributed by atoms with Crippen LogP contribution >= 0.6 is 0 Å². The fourth-order valence-electron chi connectivity index (χ4n) is 4.72. The molecule has 0 unspecified atom stereocenters. The number of carboxylic acids is 1. The van der Waals surface area contributed by atoms with Gasteiger partial charge in [-0.05, 0) is 55.7 Å². The number of aromatic nitrogens is 1. The van der Waals surface area contributed by atoms with Crippen LogP contribution in [0, 0.1) is 12.8 Å². The van der Waals surface area contributed by atoms with E-state index in [-0.39, 0.29) is 23.3 Å². The van der Waals surface area contributed by atoms with Crippen LogP contribution in [0.1, 0.15) is 31.1 Å². The van der Waals surface area contributed by atoms with Crippen molar-refractivity contribution >= 4 is 26.9 Å². The Hall–Kier alpha value is -2.84. The minimum absolute atomic E-state index is 0.0609. The Morgan fingerprint density at radius 2 is 1.81 bits per heavy atom. The molecule has 1 fully saturated rings. The first-order valence-electron chi connectivity index (χ1n) is 10.8. The molecule has 1 saturated heterocycles. The Morgan fingerprint density at radius 3 is 2.47 bits per heavy atom. The second-order valence-electron chi connectivity index (χ2n) is 8.29. The van der Waals surface area contributed by atoms with E-state index in [0.717, 1.165) is 22.2 Å². The zero-order valence-corrected chi connectivity index (χ0v) is 19.3. The zero-order valence-electron chi connectivity index (χ0n) is 18.5. The topological polar surface area (TPSA) is 88.8 Å². The minimum Gasteiger partial charge on any atom is -0.494 e. The Labute approximate surface area is 188 Å². The number of para-hydroxylation sites is 1. The summed E-state index contributed by atoms with van der Waals surface area (Å²) in [6, 6.07) is 14.2. The number of nitrogens with zero attached hydrogens (tertiary/aromatic N) is 2. The molecule has 1 aliphatic rings. The van der Waals surface area contributed by atoms with Crippen molar-refractivity contribution in [2.45, 2.75) is 38.1 Å². The smallest absolute Gasteiger partial charge is 0.307 e. The maximum absolute atomic E-state index is 13.3. The van der Waals surface area contributed by atoms with Crippen LogP contribution < -0.4 is 4.74 Å². The van der Waals surface area contributed by atoms with E-state index < -0.39 is 16.0 Å². The zero-order chi connectivity index (χ0) is 23.0. The summed E-state index contributed by atoms with van der Waals surface area (Å²) < 4.78 is 35.7. The van der Waals surface area contributed by atoms with Crippen molar-refractivity contribution < 1.29 is 23.1 Å². The summed E-state index contributed by atoms with van der Waals surface area (Å²) in [5, 5.41) is 10.3. The van der Waals surface area contributed by atoms with Gasteiger partial charge in [0.2, 0.25) is 10.0 Å². The van der Waals surface area contributed by atoms with E-state index in [1.54, 1.807) is 24.3 Å². The highest BCUT2D eigenvalue weighted by molar-refractivity contribution is 7.89. The summed E-state index contributed by atoms with van der Waals surface area (Å²) in [7, 11) is -3.65. The second-order valence-corrected chi connectivity index (χ2v) is 10.2. The minimum atomic E-state index is -3.65. The van der Waals surface area contributed by atoms with Crippen LogP contribution in [0.15, 0.2) is 53.4 Å². The van der Waals surface area contributed by atoms with Gasteiger partial charge in [0.25, 0.3) is 0 Å². The van der Waals surface area contributed by atoms with Gasteiger partial charge >= 0.3 is 5.97 Å². The van der Waals surface area contributed by atoms with Gasteiger partial charge in [0.1, 0.15) is 5.75 Å². The standard InChI is InChI=1S/C24H28N2O5S/c1-4-31-18-9-11-19(12-10-18)32(29,30)25-14-16(2)23(15-25)26-17(3)21(13-24(27)28)20-7-5-6-8-22(20)26/h5-12,16,23H,4,13-15H2,1-3H3,(H,27,28)/t16-,23+/m1/s1. The van der Waals surface area contributed by atoms with Gasteiger partial charge in [0.05, 0.1) is 24.0 Å². The van der Waals surface area contributed by atoms with Crippen LogP contribution in [0.2, 0.25) is 0 Å². The highest BCUT2D eigenvalue weighted by Gasteiger charge is 2.39. The van der Waals surface area contributed by atoms with Crippen molar-refractivity contribution in [1.29, 1.82) is 0 Å². The first-order valence-corrected chi connectivity index (χ1v) is 12.2. The van der Waals surface area contributed by atoms with Crippen LogP contribution in [0.4, 0.5) is 0 Å². The van der Waals surface area contributed by atoms with E-state index >= 15 is 0 Å². The Bertz CT molecular complexity index is 1250. The normalized spacial score (nSPS) is 19.5. The molecule has 0 radical (unpaired) electrons. The number of sulfonamides is 1. The van der Waals surface area contributed by atoms with Gasteiger partial charge in [0.15, 0.2) is 0 Å². The maximum atomic E-state index is 13.3. The van der Waals surface area contributed by atoms with E-state index in [0.29, 0.717) is 25.4 Å². The third-order valence-corrected chi connectivity index (χ3v) is 8.10. The van der Waals surface area contributed by atoms with Crippen molar-refractivity contribution in [2.24, 2.45) is 5.92 Å². The molecule has 0 aliphatic carbocycles.